The number of hydrogen-bond donors (Lipinski definition) is 2. The summed E-state index contributed by atoms with van der Waals surface area (Å²) in [6.45, 7) is 2.92. The van der Waals surface area contributed by atoms with Crippen LogP contribution in [0.3, 0.4) is 0 Å². The number of rotatable bonds is 6. The zero-order valence-corrected chi connectivity index (χ0v) is 12.8. The van der Waals surface area contributed by atoms with Crippen molar-refractivity contribution in [2.24, 2.45) is 0 Å². The molecule has 0 amide bonds. The Labute approximate surface area is 123 Å². The van der Waals surface area contributed by atoms with Gasteiger partial charge in [0, 0.05) is 11.3 Å². The predicted molar refractivity (Wildman–Crippen MR) is 83.2 cm³/mol. The average Bonchev–Trinajstić information content (AvgIpc) is 2.39. The van der Waals surface area contributed by atoms with Crippen LogP contribution in [0.5, 0.6) is 0 Å². The van der Waals surface area contributed by atoms with Crippen LogP contribution in [0, 0.1) is 0 Å². The van der Waals surface area contributed by atoms with E-state index in [1.54, 1.807) is 19.2 Å². The summed E-state index contributed by atoms with van der Waals surface area (Å²) in [6.07, 6.45) is 7.35. The van der Waals surface area contributed by atoms with Crippen LogP contribution in [-0.2, 0) is 4.74 Å². The molecule has 1 heterocycles. The van der Waals surface area contributed by atoms with Gasteiger partial charge >= 0.3 is 5.97 Å². The summed E-state index contributed by atoms with van der Waals surface area (Å²) in [5.74, 6) is 0.166. The number of hydrogen-bond acceptors (Lipinski definition) is 6. The minimum absolute atomic E-state index is 0.273. The topological polar surface area (TPSA) is 77.2 Å². The lowest BCUT2D eigenvalue weighted by atomic mass is 9.84. The van der Waals surface area contributed by atoms with Crippen molar-refractivity contribution in [1.82, 2.24) is 4.98 Å². The van der Waals surface area contributed by atoms with E-state index < -0.39 is 0 Å². The third-order valence-corrected chi connectivity index (χ3v) is 5.10. The molecule has 3 N–H and O–H groups in total. The van der Waals surface area contributed by atoms with Crippen LogP contribution in [0.25, 0.3) is 0 Å². The van der Waals surface area contributed by atoms with E-state index >= 15 is 0 Å². The molecule has 0 bridgehead atoms. The number of nitrogens with one attached hydrogen (secondary N) is 1. The minimum atomic E-state index is -0.387. The molecule has 1 aromatic heterocycles. The number of nitrogens with zero attached hydrogens (tertiary/aromatic N) is 1. The summed E-state index contributed by atoms with van der Waals surface area (Å²) in [4.78, 5) is 16.2. The smallest absolute Gasteiger partial charge is 0.341 e. The van der Waals surface area contributed by atoms with E-state index in [-0.39, 0.29) is 10.7 Å². The molecule has 1 aliphatic carbocycles. The van der Waals surface area contributed by atoms with E-state index in [1.807, 2.05) is 11.8 Å². The number of aromatic nitrogens is 1. The Morgan fingerprint density at radius 1 is 1.60 bits per heavy atom. The summed E-state index contributed by atoms with van der Waals surface area (Å²) in [5, 5.41) is 3.29. The summed E-state index contributed by atoms with van der Waals surface area (Å²) in [6, 6.07) is 1.61. The van der Waals surface area contributed by atoms with Gasteiger partial charge in [0.2, 0.25) is 0 Å². The Kier molecular flexibility index (Phi) is 4.75. The molecule has 0 aromatic carbocycles. The first kappa shape index (κ1) is 15.0. The SMILES string of the molecule is CCOC(=O)c1cc(N)cnc1NCC1(SC)CCC1. The predicted octanol–water partition coefficient (Wildman–Crippen LogP) is 2.54. The maximum atomic E-state index is 11.9. The molecule has 0 unspecified atom stereocenters. The number of nitrogens with two attached hydrogens (primary N) is 1. The van der Waals surface area contributed by atoms with Crippen LogP contribution >= 0.6 is 11.8 Å². The first-order chi connectivity index (χ1) is 9.60. The normalized spacial score (nSPS) is 16.3. The van der Waals surface area contributed by atoms with Crippen molar-refractivity contribution in [3.05, 3.63) is 17.8 Å². The molecule has 6 heteroatoms. The zero-order chi connectivity index (χ0) is 14.6. The quantitative estimate of drug-likeness (QED) is 0.785. The van der Waals surface area contributed by atoms with Crippen LogP contribution in [0.15, 0.2) is 12.3 Å². The van der Waals surface area contributed by atoms with Gasteiger partial charge in [-0.3, -0.25) is 0 Å². The summed E-state index contributed by atoms with van der Waals surface area (Å²) in [5.41, 5.74) is 6.57. The van der Waals surface area contributed by atoms with Gasteiger partial charge in [-0.05, 0) is 32.1 Å². The molecular weight excluding hydrogens is 274 g/mol. The average molecular weight is 295 g/mol. The van der Waals surface area contributed by atoms with E-state index in [2.05, 4.69) is 16.6 Å². The molecule has 1 fully saturated rings. The number of ether oxygens (including phenoxy) is 1. The number of thioether (sulfide) groups is 1. The van der Waals surface area contributed by atoms with Crippen molar-refractivity contribution in [3.63, 3.8) is 0 Å². The highest BCUT2D eigenvalue weighted by molar-refractivity contribution is 8.00. The molecule has 0 radical (unpaired) electrons. The monoisotopic (exact) mass is 295 g/mol. The third-order valence-electron chi connectivity index (χ3n) is 3.68. The van der Waals surface area contributed by atoms with Crippen molar-refractivity contribution in [2.75, 3.05) is 30.5 Å². The molecule has 2 rings (SSSR count). The Balaban J connectivity index is 2.12. The van der Waals surface area contributed by atoms with Gasteiger partial charge in [0.1, 0.15) is 11.4 Å². The summed E-state index contributed by atoms with van der Waals surface area (Å²) in [7, 11) is 0. The molecule has 1 aromatic rings. The Hall–Kier alpha value is -1.43. The van der Waals surface area contributed by atoms with Crippen molar-refractivity contribution in [2.45, 2.75) is 30.9 Å². The Bertz CT molecular complexity index is 484. The molecule has 20 heavy (non-hydrogen) atoms. The Morgan fingerprint density at radius 2 is 2.35 bits per heavy atom. The molecule has 0 atom stereocenters. The second kappa shape index (κ2) is 6.35. The van der Waals surface area contributed by atoms with Gasteiger partial charge in [0.25, 0.3) is 0 Å². The molecule has 0 saturated heterocycles. The maximum Gasteiger partial charge on any atom is 0.341 e. The molecule has 1 aliphatic rings. The van der Waals surface area contributed by atoms with Gasteiger partial charge in [-0.25, -0.2) is 9.78 Å². The standard InChI is InChI=1S/C14H21N3O2S/c1-3-19-13(18)11-7-10(15)8-16-12(11)17-9-14(20-2)5-4-6-14/h7-8H,3-6,9,15H2,1-2H3,(H,16,17). The number of anilines is 2. The molecule has 0 aliphatic heterocycles. The molecular formula is C14H21N3O2S. The van der Waals surface area contributed by atoms with Gasteiger partial charge in [-0.15, -0.1) is 0 Å². The van der Waals surface area contributed by atoms with Crippen molar-refractivity contribution < 1.29 is 9.53 Å². The lowest BCUT2D eigenvalue weighted by Crippen LogP contribution is -2.40. The van der Waals surface area contributed by atoms with Crippen LogP contribution < -0.4 is 11.1 Å². The zero-order valence-electron chi connectivity index (χ0n) is 11.9. The van der Waals surface area contributed by atoms with Crippen molar-refractivity contribution in [1.29, 1.82) is 0 Å². The highest BCUT2D eigenvalue weighted by Crippen LogP contribution is 2.42. The number of nitrogen functional groups attached to an aromatic ring is 1. The van der Waals surface area contributed by atoms with E-state index in [9.17, 15) is 4.79 Å². The number of esters is 1. The molecule has 1 saturated carbocycles. The van der Waals surface area contributed by atoms with Crippen LogP contribution in [0.2, 0.25) is 0 Å². The van der Waals surface area contributed by atoms with E-state index in [0.29, 0.717) is 23.7 Å². The van der Waals surface area contributed by atoms with Gasteiger partial charge in [-0.2, -0.15) is 11.8 Å². The van der Waals surface area contributed by atoms with Gasteiger partial charge in [0.05, 0.1) is 18.5 Å². The van der Waals surface area contributed by atoms with Crippen LogP contribution in [0.4, 0.5) is 11.5 Å². The summed E-state index contributed by atoms with van der Waals surface area (Å²) >= 11 is 1.87. The number of carbonyl (C=O) groups excluding carboxylic acids is 1. The second-order valence-electron chi connectivity index (χ2n) is 4.98. The van der Waals surface area contributed by atoms with Gasteiger partial charge in [0.15, 0.2) is 0 Å². The van der Waals surface area contributed by atoms with E-state index in [4.69, 9.17) is 10.5 Å². The fourth-order valence-corrected chi connectivity index (χ4v) is 3.17. The Morgan fingerprint density at radius 3 is 2.90 bits per heavy atom. The maximum absolute atomic E-state index is 11.9. The fraction of sp³-hybridized carbons (Fsp3) is 0.571. The first-order valence-corrected chi connectivity index (χ1v) is 8.04. The number of carbonyl (C=O) groups is 1. The molecule has 5 nitrogen and oxygen atoms in total. The van der Waals surface area contributed by atoms with E-state index in [0.717, 1.165) is 6.54 Å². The number of pyridine rings is 1. The fourth-order valence-electron chi connectivity index (χ4n) is 2.26. The lowest BCUT2D eigenvalue weighted by Gasteiger charge is -2.40. The highest BCUT2D eigenvalue weighted by Gasteiger charge is 2.36. The third kappa shape index (κ3) is 3.17. The lowest BCUT2D eigenvalue weighted by molar-refractivity contribution is 0.0527. The van der Waals surface area contributed by atoms with Crippen molar-refractivity contribution >= 4 is 29.2 Å². The van der Waals surface area contributed by atoms with Crippen LogP contribution in [0.1, 0.15) is 36.5 Å². The van der Waals surface area contributed by atoms with E-state index in [1.165, 1.54) is 19.3 Å². The van der Waals surface area contributed by atoms with Gasteiger partial charge < -0.3 is 15.8 Å². The van der Waals surface area contributed by atoms with Gasteiger partial charge in [-0.1, -0.05) is 6.42 Å². The highest BCUT2D eigenvalue weighted by atomic mass is 32.2. The largest absolute Gasteiger partial charge is 0.462 e. The molecule has 0 spiro atoms. The minimum Gasteiger partial charge on any atom is -0.462 e. The second-order valence-corrected chi connectivity index (χ2v) is 6.25. The first-order valence-electron chi connectivity index (χ1n) is 6.82. The van der Waals surface area contributed by atoms with Crippen molar-refractivity contribution in [3.8, 4) is 0 Å². The van der Waals surface area contributed by atoms with Crippen LogP contribution in [-0.4, -0.2) is 35.1 Å². The molecule has 110 valence electrons. The summed E-state index contributed by atoms with van der Waals surface area (Å²) < 4.78 is 5.32.